The van der Waals surface area contributed by atoms with Gasteiger partial charge in [-0.05, 0) is 32.2 Å². The van der Waals surface area contributed by atoms with E-state index >= 15 is 0 Å². The van der Waals surface area contributed by atoms with Gasteiger partial charge in [-0.3, -0.25) is 9.69 Å². The van der Waals surface area contributed by atoms with E-state index in [0.29, 0.717) is 23.3 Å². The molecule has 0 amide bonds. The maximum atomic E-state index is 12.1. The van der Waals surface area contributed by atoms with Crippen molar-refractivity contribution in [2.45, 2.75) is 63.5 Å². The second-order valence-corrected chi connectivity index (χ2v) is 5.60. The lowest BCUT2D eigenvalue weighted by Crippen LogP contribution is -2.52. The summed E-state index contributed by atoms with van der Waals surface area (Å²) >= 11 is 0. The Balaban J connectivity index is 1.90. The molecular formula is C13H21NO. The number of Topliss-reactive ketones (excluding diaryl/α,β-unsaturated/α-hetero) is 1. The predicted molar refractivity (Wildman–Crippen MR) is 59.7 cm³/mol. The fourth-order valence-electron chi connectivity index (χ4n) is 4.37. The molecule has 4 bridgehead atoms. The number of rotatable bonds is 3. The Labute approximate surface area is 92.0 Å². The van der Waals surface area contributed by atoms with Gasteiger partial charge >= 0.3 is 0 Å². The van der Waals surface area contributed by atoms with E-state index in [-0.39, 0.29) is 0 Å². The largest absolute Gasteiger partial charge is 0.299 e. The van der Waals surface area contributed by atoms with Gasteiger partial charge in [0.2, 0.25) is 0 Å². The Morgan fingerprint density at radius 3 is 3.13 bits per heavy atom. The van der Waals surface area contributed by atoms with Crippen LogP contribution in [0.4, 0.5) is 0 Å². The molecule has 3 rings (SSSR count). The van der Waals surface area contributed by atoms with Gasteiger partial charge in [-0.15, -0.1) is 0 Å². The molecule has 0 saturated carbocycles. The summed E-state index contributed by atoms with van der Waals surface area (Å²) in [5.74, 6) is 0.991. The summed E-state index contributed by atoms with van der Waals surface area (Å²) in [4.78, 5) is 14.8. The Bertz CT molecular complexity index is 288. The summed E-state index contributed by atoms with van der Waals surface area (Å²) in [6.07, 6.45) is 8.43. The third-order valence-corrected chi connectivity index (χ3v) is 5.02. The molecule has 0 aromatic rings. The van der Waals surface area contributed by atoms with Crippen LogP contribution in [0.15, 0.2) is 0 Å². The van der Waals surface area contributed by atoms with Crippen LogP contribution in [-0.2, 0) is 4.79 Å². The van der Waals surface area contributed by atoms with Gasteiger partial charge in [0.05, 0.1) is 0 Å². The van der Waals surface area contributed by atoms with Crippen molar-refractivity contribution in [1.29, 1.82) is 0 Å². The van der Waals surface area contributed by atoms with Gasteiger partial charge in [0, 0.05) is 23.9 Å². The van der Waals surface area contributed by atoms with Crippen molar-refractivity contribution in [3.05, 3.63) is 0 Å². The zero-order valence-corrected chi connectivity index (χ0v) is 9.67. The van der Waals surface area contributed by atoms with Crippen molar-refractivity contribution < 1.29 is 4.79 Å². The minimum Gasteiger partial charge on any atom is -0.299 e. The topological polar surface area (TPSA) is 20.3 Å². The molecule has 0 N–H and O–H groups in total. The summed E-state index contributed by atoms with van der Waals surface area (Å²) in [5, 5.41) is 0. The maximum absolute atomic E-state index is 12.1. The van der Waals surface area contributed by atoms with Crippen molar-refractivity contribution in [2.75, 3.05) is 6.54 Å². The van der Waals surface area contributed by atoms with Gasteiger partial charge in [-0.1, -0.05) is 19.8 Å². The molecule has 0 radical (unpaired) electrons. The van der Waals surface area contributed by atoms with Crippen LogP contribution in [0.3, 0.4) is 0 Å². The Morgan fingerprint density at radius 2 is 2.33 bits per heavy atom. The minimum absolute atomic E-state index is 0.329. The van der Waals surface area contributed by atoms with Crippen LogP contribution < -0.4 is 0 Å². The van der Waals surface area contributed by atoms with Gasteiger partial charge in [-0.2, -0.15) is 0 Å². The number of ketones is 1. The second-order valence-electron chi connectivity index (χ2n) is 5.60. The van der Waals surface area contributed by atoms with Crippen LogP contribution in [0.1, 0.15) is 51.9 Å². The summed E-state index contributed by atoms with van der Waals surface area (Å²) in [6.45, 7) is 3.45. The zero-order valence-electron chi connectivity index (χ0n) is 9.67. The van der Waals surface area contributed by atoms with E-state index in [0.717, 1.165) is 12.8 Å². The number of carbonyl (C=O) groups is 1. The number of unbranched alkanes of at least 4 members (excludes halogenated alkanes) is 1. The molecule has 2 nitrogen and oxygen atoms in total. The van der Waals surface area contributed by atoms with E-state index in [1.807, 2.05) is 0 Å². The minimum atomic E-state index is 0.329. The summed E-state index contributed by atoms with van der Waals surface area (Å²) in [7, 11) is 0. The quantitative estimate of drug-likeness (QED) is 0.708. The fraction of sp³-hybridized carbons (Fsp3) is 0.923. The molecule has 0 spiro atoms. The van der Waals surface area contributed by atoms with E-state index in [9.17, 15) is 4.79 Å². The van der Waals surface area contributed by atoms with Crippen molar-refractivity contribution >= 4 is 5.78 Å². The highest BCUT2D eigenvalue weighted by molar-refractivity contribution is 5.85. The van der Waals surface area contributed by atoms with Gasteiger partial charge in [0.25, 0.3) is 0 Å². The monoisotopic (exact) mass is 207 g/mol. The standard InChI is InChI=1S/C13H21NO/c1-2-3-6-13-7-4-10-9-12(15)11(13)5-8-14(10)13/h10-11H,2-9H2,1H3/t10-,11-,13+/m0/s1. The number of piperidine rings is 1. The molecule has 3 saturated heterocycles. The number of carbonyl (C=O) groups excluding carboxylic acids is 1. The molecule has 4 atom stereocenters. The summed E-state index contributed by atoms with van der Waals surface area (Å²) in [6, 6.07) is 0.619. The average molecular weight is 207 g/mol. The molecule has 3 heterocycles. The van der Waals surface area contributed by atoms with E-state index in [1.54, 1.807) is 0 Å². The first-order chi connectivity index (χ1) is 7.28. The van der Waals surface area contributed by atoms with Gasteiger partial charge < -0.3 is 0 Å². The Kier molecular flexibility index (Phi) is 2.17. The second kappa shape index (κ2) is 3.31. The highest BCUT2D eigenvalue weighted by Gasteiger charge is 2.60. The number of hydrogen-bond acceptors (Lipinski definition) is 2. The first-order valence-electron chi connectivity index (χ1n) is 6.57. The molecule has 84 valence electrons. The molecule has 1 unspecified atom stereocenters. The number of hydrogen-bond donors (Lipinski definition) is 0. The van der Waals surface area contributed by atoms with E-state index < -0.39 is 0 Å². The Morgan fingerprint density at radius 1 is 1.47 bits per heavy atom. The molecule has 3 aliphatic rings. The average Bonchev–Trinajstić information content (AvgIpc) is 2.64. The lowest BCUT2D eigenvalue weighted by atomic mass is 9.76. The van der Waals surface area contributed by atoms with Crippen LogP contribution in [-0.4, -0.2) is 28.8 Å². The molecule has 0 aliphatic carbocycles. The van der Waals surface area contributed by atoms with Gasteiger partial charge in [0.15, 0.2) is 0 Å². The SMILES string of the molecule is CCCC[C@@]12CC[C@H]3CC(=O)[C@@H]1CCN32. The fourth-order valence-corrected chi connectivity index (χ4v) is 4.37. The van der Waals surface area contributed by atoms with Crippen LogP contribution >= 0.6 is 0 Å². The lowest BCUT2D eigenvalue weighted by molar-refractivity contribution is -0.129. The summed E-state index contributed by atoms with van der Waals surface area (Å²) < 4.78 is 0. The van der Waals surface area contributed by atoms with E-state index in [2.05, 4.69) is 11.8 Å². The van der Waals surface area contributed by atoms with Crippen molar-refractivity contribution in [2.24, 2.45) is 5.92 Å². The van der Waals surface area contributed by atoms with Gasteiger partial charge in [0.1, 0.15) is 5.78 Å². The highest BCUT2D eigenvalue weighted by atomic mass is 16.1. The highest BCUT2D eigenvalue weighted by Crippen LogP contribution is 2.53. The van der Waals surface area contributed by atoms with Crippen molar-refractivity contribution in [3.63, 3.8) is 0 Å². The normalized spacial score (nSPS) is 47.5. The predicted octanol–water partition coefficient (Wildman–Crippen LogP) is 2.37. The van der Waals surface area contributed by atoms with Crippen LogP contribution in [0, 0.1) is 5.92 Å². The smallest absolute Gasteiger partial charge is 0.139 e. The third kappa shape index (κ3) is 1.17. The first kappa shape index (κ1) is 9.83. The van der Waals surface area contributed by atoms with Crippen LogP contribution in [0.5, 0.6) is 0 Å². The molecule has 0 aromatic heterocycles. The maximum Gasteiger partial charge on any atom is 0.139 e. The van der Waals surface area contributed by atoms with Crippen molar-refractivity contribution in [1.82, 2.24) is 4.90 Å². The molecule has 2 heteroatoms. The number of nitrogens with zero attached hydrogens (tertiary/aromatic N) is 1. The van der Waals surface area contributed by atoms with E-state index in [4.69, 9.17) is 0 Å². The zero-order chi connectivity index (χ0) is 10.5. The van der Waals surface area contributed by atoms with E-state index in [1.165, 1.54) is 38.6 Å². The van der Waals surface area contributed by atoms with Gasteiger partial charge in [-0.25, -0.2) is 0 Å². The molecule has 3 fully saturated rings. The molecular weight excluding hydrogens is 186 g/mol. The lowest BCUT2D eigenvalue weighted by Gasteiger charge is -2.42. The summed E-state index contributed by atoms with van der Waals surface area (Å²) in [5.41, 5.74) is 0.329. The Hall–Kier alpha value is -0.370. The third-order valence-electron chi connectivity index (χ3n) is 5.02. The molecule has 3 aliphatic heterocycles. The first-order valence-corrected chi connectivity index (χ1v) is 6.57. The molecule has 15 heavy (non-hydrogen) atoms. The van der Waals surface area contributed by atoms with Crippen LogP contribution in [0.25, 0.3) is 0 Å². The molecule has 0 aromatic carbocycles. The van der Waals surface area contributed by atoms with Crippen molar-refractivity contribution in [3.8, 4) is 0 Å². The van der Waals surface area contributed by atoms with Crippen LogP contribution in [0.2, 0.25) is 0 Å².